The van der Waals surface area contributed by atoms with Crippen molar-refractivity contribution in [2.75, 3.05) is 26.2 Å². The number of piperazine rings is 1. The van der Waals surface area contributed by atoms with Gasteiger partial charge in [-0.1, -0.05) is 49.4 Å². The lowest BCUT2D eigenvalue weighted by molar-refractivity contribution is 0.169. The SMILES string of the molecule is CC[C@@H](c1ccc(Oc2ccccc2)c(Oc2ccccc2)c1)N1CCNCC1. The van der Waals surface area contributed by atoms with Crippen LogP contribution in [0.25, 0.3) is 0 Å². The van der Waals surface area contributed by atoms with E-state index >= 15 is 0 Å². The Labute approximate surface area is 173 Å². The van der Waals surface area contributed by atoms with Crippen LogP contribution < -0.4 is 14.8 Å². The Kier molecular flexibility index (Phi) is 6.45. The fraction of sp³-hybridized carbons (Fsp3) is 0.280. The molecule has 29 heavy (non-hydrogen) atoms. The number of benzene rings is 3. The Hall–Kier alpha value is -2.82. The van der Waals surface area contributed by atoms with Crippen LogP contribution in [0.4, 0.5) is 0 Å². The van der Waals surface area contributed by atoms with Gasteiger partial charge in [0.05, 0.1) is 0 Å². The molecule has 1 aliphatic rings. The number of para-hydroxylation sites is 2. The Morgan fingerprint density at radius 3 is 1.97 bits per heavy atom. The first-order chi connectivity index (χ1) is 14.3. The molecular weight excluding hydrogens is 360 g/mol. The minimum Gasteiger partial charge on any atom is -0.453 e. The van der Waals surface area contributed by atoms with E-state index in [9.17, 15) is 0 Å². The van der Waals surface area contributed by atoms with E-state index in [0.29, 0.717) is 6.04 Å². The van der Waals surface area contributed by atoms with Crippen molar-refractivity contribution in [1.29, 1.82) is 0 Å². The third-order valence-corrected chi connectivity index (χ3v) is 5.27. The van der Waals surface area contributed by atoms with Crippen LogP contribution in [0.2, 0.25) is 0 Å². The van der Waals surface area contributed by atoms with Crippen LogP contribution in [0.15, 0.2) is 78.9 Å². The van der Waals surface area contributed by atoms with Crippen LogP contribution in [0.1, 0.15) is 24.9 Å². The van der Waals surface area contributed by atoms with Crippen molar-refractivity contribution < 1.29 is 9.47 Å². The molecule has 0 amide bonds. The second-order valence-corrected chi connectivity index (χ2v) is 7.25. The zero-order chi connectivity index (χ0) is 19.9. The normalized spacial score (nSPS) is 15.6. The third kappa shape index (κ3) is 4.97. The summed E-state index contributed by atoms with van der Waals surface area (Å²) in [7, 11) is 0. The molecule has 150 valence electrons. The van der Waals surface area contributed by atoms with Crippen LogP contribution in [0.3, 0.4) is 0 Å². The van der Waals surface area contributed by atoms with Gasteiger partial charge in [0.25, 0.3) is 0 Å². The van der Waals surface area contributed by atoms with Crippen LogP contribution in [0.5, 0.6) is 23.0 Å². The van der Waals surface area contributed by atoms with E-state index in [2.05, 4.69) is 29.3 Å². The molecule has 4 nitrogen and oxygen atoms in total. The highest BCUT2D eigenvalue weighted by Gasteiger charge is 2.22. The summed E-state index contributed by atoms with van der Waals surface area (Å²) in [5, 5.41) is 3.44. The fourth-order valence-corrected chi connectivity index (χ4v) is 3.83. The summed E-state index contributed by atoms with van der Waals surface area (Å²) in [6, 6.07) is 26.4. The van der Waals surface area contributed by atoms with Gasteiger partial charge >= 0.3 is 0 Å². The molecule has 1 aliphatic heterocycles. The van der Waals surface area contributed by atoms with Gasteiger partial charge in [-0.2, -0.15) is 0 Å². The van der Waals surface area contributed by atoms with Crippen molar-refractivity contribution in [3.8, 4) is 23.0 Å². The largest absolute Gasteiger partial charge is 0.453 e. The molecule has 0 saturated carbocycles. The van der Waals surface area contributed by atoms with E-state index in [1.54, 1.807) is 0 Å². The highest BCUT2D eigenvalue weighted by atomic mass is 16.5. The summed E-state index contributed by atoms with van der Waals surface area (Å²) < 4.78 is 12.4. The van der Waals surface area contributed by atoms with E-state index in [1.165, 1.54) is 5.56 Å². The van der Waals surface area contributed by atoms with E-state index in [4.69, 9.17) is 9.47 Å². The molecule has 0 spiro atoms. The predicted molar refractivity (Wildman–Crippen MR) is 117 cm³/mol. The van der Waals surface area contributed by atoms with Crippen LogP contribution in [0, 0.1) is 0 Å². The average molecular weight is 389 g/mol. The number of hydrogen-bond acceptors (Lipinski definition) is 4. The van der Waals surface area contributed by atoms with E-state index < -0.39 is 0 Å². The second-order valence-electron chi connectivity index (χ2n) is 7.25. The van der Waals surface area contributed by atoms with Crippen molar-refractivity contribution in [2.24, 2.45) is 0 Å². The Morgan fingerprint density at radius 1 is 0.793 bits per heavy atom. The lowest BCUT2D eigenvalue weighted by Gasteiger charge is -2.35. The van der Waals surface area contributed by atoms with Crippen molar-refractivity contribution in [2.45, 2.75) is 19.4 Å². The van der Waals surface area contributed by atoms with Crippen molar-refractivity contribution >= 4 is 0 Å². The zero-order valence-electron chi connectivity index (χ0n) is 16.9. The maximum atomic E-state index is 6.25. The summed E-state index contributed by atoms with van der Waals surface area (Å²) in [5.41, 5.74) is 1.26. The predicted octanol–water partition coefficient (Wildman–Crippen LogP) is 5.63. The Bertz CT molecular complexity index is 893. The van der Waals surface area contributed by atoms with E-state index in [0.717, 1.165) is 55.6 Å². The van der Waals surface area contributed by atoms with Gasteiger partial charge in [0.15, 0.2) is 11.5 Å². The summed E-state index contributed by atoms with van der Waals surface area (Å²) in [6.07, 6.45) is 1.06. The zero-order valence-corrected chi connectivity index (χ0v) is 16.9. The highest BCUT2D eigenvalue weighted by molar-refractivity contribution is 5.48. The Balaban J connectivity index is 1.65. The van der Waals surface area contributed by atoms with E-state index in [1.807, 2.05) is 66.7 Å². The second kappa shape index (κ2) is 9.59. The van der Waals surface area contributed by atoms with Gasteiger partial charge in [-0.25, -0.2) is 0 Å². The van der Waals surface area contributed by atoms with Crippen LogP contribution in [-0.2, 0) is 0 Å². The molecule has 1 heterocycles. The molecule has 0 aromatic heterocycles. The third-order valence-electron chi connectivity index (χ3n) is 5.27. The molecule has 1 atom stereocenters. The molecule has 1 N–H and O–H groups in total. The molecule has 4 rings (SSSR count). The number of nitrogens with zero attached hydrogens (tertiary/aromatic N) is 1. The Morgan fingerprint density at radius 2 is 1.38 bits per heavy atom. The van der Waals surface area contributed by atoms with Gasteiger partial charge in [0, 0.05) is 32.2 Å². The molecule has 1 saturated heterocycles. The molecular formula is C25H28N2O2. The average Bonchev–Trinajstić information content (AvgIpc) is 2.78. The molecule has 0 aliphatic carbocycles. The minimum atomic E-state index is 0.376. The first kappa shape index (κ1) is 19.5. The van der Waals surface area contributed by atoms with Gasteiger partial charge < -0.3 is 14.8 Å². The lowest BCUT2D eigenvalue weighted by atomic mass is 10.0. The number of nitrogens with one attached hydrogen (secondary N) is 1. The number of ether oxygens (including phenoxy) is 2. The lowest BCUT2D eigenvalue weighted by Crippen LogP contribution is -2.45. The number of hydrogen-bond donors (Lipinski definition) is 1. The molecule has 0 unspecified atom stereocenters. The summed E-state index contributed by atoms with van der Waals surface area (Å²) in [6.45, 7) is 6.46. The quantitative estimate of drug-likeness (QED) is 0.569. The first-order valence-corrected chi connectivity index (χ1v) is 10.4. The van der Waals surface area contributed by atoms with Gasteiger partial charge in [0.1, 0.15) is 11.5 Å². The maximum Gasteiger partial charge on any atom is 0.170 e. The fourth-order valence-electron chi connectivity index (χ4n) is 3.83. The smallest absolute Gasteiger partial charge is 0.170 e. The van der Waals surface area contributed by atoms with Gasteiger partial charge in [-0.15, -0.1) is 0 Å². The molecule has 3 aromatic rings. The molecule has 0 bridgehead atoms. The van der Waals surface area contributed by atoms with Gasteiger partial charge in [-0.3, -0.25) is 4.90 Å². The summed E-state index contributed by atoms with van der Waals surface area (Å²) in [4.78, 5) is 2.55. The molecule has 3 aromatic carbocycles. The maximum absolute atomic E-state index is 6.25. The minimum absolute atomic E-state index is 0.376. The molecule has 0 radical (unpaired) electrons. The summed E-state index contributed by atoms with van der Waals surface area (Å²) in [5.74, 6) is 3.06. The monoisotopic (exact) mass is 388 g/mol. The molecule has 1 fully saturated rings. The van der Waals surface area contributed by atoms with Crippen LogP contribution in [-0.4, -0.2) is 31.1 Å². The summed E-state index contributed by atoms with van der Waals surface area (Å²) >= 11 is 0. The molecule has 4 heteroatoms. The van der Waals surface area contributed by atoms with Gasteiger partial charge in [0.2, 0.25) is 0 Å². The van der Waals surface area contributed by atoms with Crippen molar-refractivity contribution in [1.82, 2.24) is 10.2 Å². The van der Waals surface area contributed by atoms with Crippen molar-refractivity contribution in [3.05, 3.63) is 84.4 Å². The van der Waals surface area contributed by atoms with E-state index in [-0.39, 0.29) is 0 Å². The van der Waals surface area contributed by atoms with Crippen molar-refractivity contribution in [3.63, 3.8) is 0 Å². The standard InChI is InChI=1S/C25H28N2O2/c1-2-23(27-17-15-26-16-18-27)20-13-14-24(28-21-9-5-3-6-10-21)25(19-20)29-22-11-7-4-8-12-22/h3-14,19,23,26H,2,15-18H2,1H3/t23-/m0/s1. The van der Waals surface area contributed by atoms with Crippen LogP contribution >= 0.6 is 0 Å². The number of rotatable bonds is 7. The first-order valence-electron chi connectivity index (χ1n) is 10.4. The topological polar surface area (TPSA) is 33.7 Å². The highest BCUT2D eigenvalue weighted by Crippen LogP contribution is 2.38. The van der Waals surface area contributed by atoms with Gasteiger partial charge in [-0.05, 0) is 48.4 Å².